The SMILES string of the molecule is Cc1c(C(=O)N2CCN(Cc3ccc4c(c3)OCCO4)CC2)oc2c1C(=O)CCC2. The number of rotatable bonds is 3. The lowest BCUT2D eigenvalue weighted by atomic mass is 9.94. The first kappa shape index (κ1) is 19.2. The largest absolute Gasteiger partial charge is 0.486 e. The van der Waals surface area contributed by atoms with Gasteiger partial charge in [-0.05, 0) is 31.0 Å². The second kappa shape index (κ2) is 7.80. The topological polar surface area (TPSA) is 72.2 Å². The first-order valence-corrected chi connectivity index (χ1v) is 10.7. The maximum atomic E-state index is 13.0. The Hall–Kier alpha value is -2.80. The first-order chi connectivity index (χ1) is 14.6. The van der Waals surface area contributed by atoms with Crippen molar-refractivity contribution in [2.24, 2.45) is 0 Å². The van der Waals surface area contributed by atoms with Gasteiger partial charge in [-0.3, -0.25) is 14.5 Å². The highest BCUT2D eigenvalue weighted by Crippen LogP contribution is 2.32. The molecule has 3 heterocycles. The Balaban J connectivity index is 1.22. The van der Waals surface area contributed by atoms with Crippen molar-refractivity contribution >= 4 is 11.7 Å². The molecule has 0 atom stereocenters. The molecule has 0 spiro atoms. The lowest BCUT2D eigenvalue weighted by Crippen LogP contribution is -2.48. The number of hydrogen-bond donors (Lipinski definition) is 0. The minimum absolute atomic E-state index is 0.0980. The van der Waals surface area contributed by atoms with Gasteiger partial charge in [0.15, 0.2) is 23.0 Å². The van der Waals surface area contributed by atoms with Gasteiger partial charge < -0.3 is 18.8 Å². The number of ether oxygens (including phenoxy) is 2. The van der Waals surface area contributed by atoms with Crippen molar-refractivity contribution < 1.29 is 23.5 Å². The number of nitrogens with zero attached hydrogens (tertiary/aromatic N) is 2. The fourth-order valence-electron chi connectivity index (χ4n) is 4.55. The predicted octanol–water partition coefficient (Wildman–Crippen LogP) is 2.84. The lowest BCUT2D eigenvalue weighted by molar-refractivity contribution is 0.0594. The van der Waals surface area contributed by atoms with Crippen LogP contribution in [0.15, 0.2) is 22.6 Å². The van der Waals surface area contributed by atoms with E-state index in [1.54, 1.807) is 0 Å². The number of carbonyl (C=O) groups excluding carboxylic acids is 2. The Labute approximate surface area is 175 Å². The standard InChI is InChI=1S/C23H26N2O5/c1-15-21-17(26)3-2-4-19(21)30-22(15)23(27)25-9-7-24(8-10-25)14-16-5-6-18-20(13-16)29-12-11-28-18/h5-6,13H,2-4,7-12,14H2,1H3. The molecule has 0 saturated carbocycles. The van der Waals surface area contributed by atoms with Crippen molar-refractivity contribution in [3.63, 3.8) is 0 Å². The number of carbonyl (C=O) groups is 2. The van der Waals surface area contributed by atoms with E-state index in [0.717, 1.165) is 44.0 Å². The van der Waals surface area contributed by atoms with Crippen LogP contribution in [0, 0.1) is 6.92 Å². The molecule has 0 bridgehead atoms. The number of piperazine rings is 1. The molecule has 5 rings (SSSR count). The number of hydrogen-bond acceptors (Lipinski definition) is 6. The van der Waals surface area contributed by atoms with Crippen molar-refractivity contribution in [2.45, 2.75) is 32.7 Å². The molecule has 1 aromatic carbocycles. The molecule has 30 heavy (non-hydrogen) atoms. The Kier molecular flexibility index (Phi) is 4.98. The average molecular weight is 410 g/mol. The van der Waals surface area contributed by atoms with Gasteiger partial charge >= 0.3 is 0 Å². The second-order valence-corrected chi connectivity index (χ2v) is 8.18. The van der Waals surface area contributed by atoms with Crippen LogP contribution in [-0.4, -0.2) is 60.9 Å². The van der Waals surface area contributed by atoms with Crippen LogP contribution < -0.4 is 9.47 Å². The van der Waals surface area contributed by atoms with Crippen molar-refractivity contribution in [2.75, 3.05) is 39.4 Å². The van der Waals surface area contributed by atoms with Crippen LogP contribution in [0.4, 0.5) is 0 Å². The molecule has 1 aromatic heterocycles. The van der Waals surface area contributed by atoms with E-state index in [9.17, 15) is 9.59 Å². The summed E-state index contributed by atoms with van der Waals surface area (Å²) in [7, 11) is 0. The third kappa shape index (κ3) is 3.47. The fourth-order valence-corrected chi connectivity index (χ4v) is 4.55. The lowest BCUT2D eigenvalue weighted by Gasteiger charge is -2.34. The smallest absolute Gasteiger partial charge is 0.289 e. The summed E-state index contributed by atoms with van der Waals surface area (Å²) in [4.78, 5) is 29.4. The molecule has 7 nitrogen and oxygen atoms in total. The van der Waals surface area contributed by atoms with Gasteiger partial charge in [0, 0.05) is 51.1 Å². The molecule has 1 aliphatic carbocycles. The van der Waals surface area contributed by atoms with E-state index in [0.29, 0.717) is 55.4 Å². The number of ketones is 1. The van der Waals surface area contributed by atoms with Gasteiger partial charge in [-0.2, -0.15) is 0 Å². The zero-order valence-corrected chi connectivity index (χ0v) is 17.2. The van der Waals surface area contributed by atoms with Crippen molar-refractivity contribution in [1.82, 2.24) is 9.80 Å². The maximum Gasteiger partial charge on any atom is 0.289 e. The highest BCUT2D eigenvalue weighted by atomic mass is 16.6. The Morgan fingerprint density at radius 3 is 2.57 bits per heavy atom. The molecule has 1 saturated heterocycles. The van der Waals surface area contributed by atoms with E-state index in [1.165, 1.54) is 5.56 Å². The van der Waals surface area contributed by atoms with Crippen LogP contribution in [0.3, 0.4) is 0 Å². The van der Waals surface area contributed by atoms with Gasteiger partial charge in [0.05, 0.1) is 5.56 Å². The van der Waals surface area contributed by atoms with Crippen molar-refractivity contribution in [3.8, 4) is 11.5 Å². The molecular formula is C23H26N2O5. The first-order valence-electron chi connectivity index (χ1n) is 10.7. The van der Waals surface area contributed by atoms with Crippen LogP contribution in [0.1, 0.15) is 50.6 Å². The number of Topliss-reactive ketones (excluding diaryl/α,β-unsaturated/α-hetero) is 1. The summed E-state index contributed by atoms with van der Waals surface area (Å²) in [6.07, 6.45) is 2.07. The third-order valence-electron chi connectivity index (χ3n) is 6.17. The van der Waals surface area contributed by atoms with E-state index in [1.807, 2.05) is 24.0 Å². The van der Waals surface area contributed by atoms with Crippen LogP contribution in [0.2, 0.25) is 0 Å². The Bertz CT molecular complexity index is 988. The number of benzene rings is 1. The van der Waals surface area contributed by atoms with E-state index < -0.39 is 0 Å². The molecule has 0 unspecified atom stereocenters. The zero-order chi connectivity index (χ0) is 20.7. The third-order valence-corrected chi connectivity index (χ3v) is 6.17. The average Bonchev–Trinajstić information content (AvgIpc) is 3.11. The molecule has 2 aliphatic heterocycles. The molecule has 1 amide bonds. The van der Waals surface area contributed by atoms with Gasteiger partial charge in [-0.1, -0.05) is 6.07 Å². The number of fused-ring (bicyclic) bond motifs is 2. The van der Waals surface area contributed by atoms with E-state index in [-0.39, 0.29) is 11.7 Å². The van der Waals surface area contributed by atoms with Gasteiger partial charge in [0.25, 0.3) is 5.91 Å². The van der Waals surface area contributed by atoms with E-state index >= 15 is 0 Å². The molecule has 7 heteroatoms. The Morgan fingerprint density at radius 1 is 1.03 bits per heavy atom. The quantitative estimate of drug-likeness (QED) is 0.775. The van der Waals surface area contributed by atoms with Crippen LogP contribution in [0.25, 0.3) is 0 Å². The summed E-state index contributed by atoms with van der Waals surface area (Å²) in [5, 5.41) is 0. The fraction of sp³-hybridized carbons (Fsp3) is 0.478. The molecule has 1 fully saturated rings. The van der Waals surface area contributed by atoms with Gasteiger partial charge in [0.1, 0.15) is 19.0 Å². The summed E-state index contributed by atoms with van der Waals surface area (Å²) < 4.78 is 17.1. The summed E-state index contributed by atoms with van der Waals surface area (Å²) in [6.45, 7) is 6.67. The van der Waals surface area contributed by atoms with Gasteiger partial charge in [-0.15, -0.1) is 0 Å². The number of furan rings is 1. The van der Waals surface area contributed by atoms with E-state index in [2.05, 4.69) is 11.0 Å². The van der Waals surface area contributed by atoms with E-state index in [4.69, 9.17) is 13.9 Å². The zero-order valence-electron chi connectivity index (χ0n) is 17.2. The van der Waals surface area contributed by atoms with Gasteiger partial charge in [0.2, 0.25) is 0 Å². The Morgan fingerprint density at radius 2 is 1.80 bits per heavy atom. The molecule has 0 N–H and O–H groups in total. The monoisotopic (exact) mass is 410 g/mol. The summed E-state index contributed by atoms with van der Waals surface area (Å²) in [5.74, 6) is 2.63. The number of aryl methyl sites for hydroxylation is 1. The minimum atomic E-state index is -0.103. The maximum absolute atomic E-state index is 13.0. The molecule has 2 aromatic rings. The van der Waals surface area contributed by atoms with Gasteiger partial charge in [-0.25, -0.2) is 0 Å². The van der Waals surface area contributed by atoms with Crippen molar-refractivity contribution in [1.29, 1.82) is 0 Å². The normalized spacial score (nSPS) is 19.0. The molecule has 0 radical (unpaired) electrons. The predicted molar refractivity (Wildman–Crippen MR) is 109 cm³/mol. The van der Waals surface area contributed by atoms with Crippen LogP contribution >= 0.6 is 0 Å². The van der Waals surface area contributed by atoms with Crippen LogP contribution in [-0.2, 0) is 13.0 Å². The van der Waals surface area contributed by atoms with Crippen LogP contribution in [0.5, 0.6) is 11.5 Å². The summed E-state index contributed by atoms with van der Waals surface area (Å²) in [5.41, 5.74) is 2.52. The second-order valence-electron chi connectivity index (χ2n) is 8.18. The van der Waals surface area contributed by atoms with Crippen molar-refractivity contribution in [3.05, 3.63) is 46.4 Å². The summed E-state index contributed by atoms with van der Waals surface area (Å²) >= 11 is 0. The summed E-state index contributed by atoms with van der Waals surface area (Å²) in [6, 6.07) is 6.07. The molecular weight excluding hydrogens is 384 g/mol. The highest BCUT2D eigenvalue weighted by Gasteiger charge is 2.32. The highest BCUT2D eigenvalue weighted by molar-refractivity contribution is 6.03. The molecule has 158 valence electrons. The number of amides is 1. The minimum Gasteiger partial charge on any atom is -0.486 e. The molecule has 3 aliphatic rings.